The van der Waals surface area contributed by atoms with Crippen LogP contribution in [-0.2, 0) is 0 Å². The normalized spacial score (nSPS) is 10.6. The van der Waals surface area contributed by atoms with Crippen molar-refractivity contribution < 1.29 is 18.1 Å². The zero-order valence-electron chi connectivity index (χ0n) is 7.13. The summed E-state index contributed by atoms with van der Waals surface area (Å²) in [4.78, 5) is 9.25. The smallest absolute Gasteiger partial charge is 0.258 e. The Morgan fingerprint density at radius 2 is 2.00 bits per heavy atom. The minimum Gasteiger partial charge on any atom is -0.258 e. The minimum absolute atomic E-state index is 0.230. The van der Waals surface area contributed by atoms with Crippen molar-refractivity contribution in [2.24, 2.45) is 0 Å². The number of hydrogen-bond acceptors (Lipinski definition) is 2. The molecule has 0 spiro atoms. The molecule has 0 aliphatic carbocycles. The van der Waals surface area contributed by atoms with Crippen molar-refractivity contribution in [1.29, 1.82) is 0 Å². The van der Waals surface area contributed by atoms with E-state index in [2.05, 4.69) is 0 Å². The second-order valence-corrected chi connectivity index (χ2v) is 2.75. The van der Waals surface area contributed by atoms with Crippen molar-refractivity contribution in [2.45, 2.75) is 13.3 Å². The molecule has 1 rings (SSSR count). The largest absolute Gasteiger partial charge is 0.305 e. The van der Waals surface area contributed by atoms with E-state index in [1.165, 1.54) is 6.92 Å². The third-order valence-corrected chi connectivity index (χ3v) is 1.66. The number of nitro groups is 1. The van der Waals surface area contributed by atoms with Gasteiger partial charge in [0.25, 0.3) is 6.43 Å². The van der Waals surface area contributed by atoms with Crippen LogP contribution in [0.3, 0.4) is 0 Å². The van der Waals surface area contributed by atoms with Gasteiger partial charge in [0.1, 0.15) is 0 Å². The Morgan fingerprint density at radius 3 is 2.43 bits per heavy atom. The highest BCUT2D eigenvalue weighted by atomic mass is 19.3. The number of rotatable bonds is 2. The van der Waals surface area contributed by atoms with E-state index < -0.39 is 28.4 Å². The summed E-state index contributed by atoms with van der Waals surface area (Å²) < 4.78 is 37.4. The third kappa shape index (κ3) is 1.84. The van der Waals surface area contributed by atoms with E-state index in [0.717, 1.165) is 12.1 Å². The van der Waals surface area contributed by atoms with Crippen LogP contribution in [0.2, 0.25) is 0 Å². The summed E-state index contributed by atoms with van der Waals surface area (Å²) in [6.07, 6.45) is -3.05. The molecule has 0 aromatic heterocycles. The Morgan fingerprint density at radius 1 is 1.43 bits per heavy atom. The highest BCUT2D eigenvalue weighted by molar-refractivity contribution is 5.41. The van der Waals surface area contributed by atoms with Crippen LogP contribution in [0.5, 0.6) is 0 Å². The first-order chi connectivity index (χ1) is 6.43. The molecular weight excluding hydrogens is 199 g/mol. The molecule has 1 aromatic rings. The maximum absolute atomic E-state index is 13.0. The lowest BCUT2D eigenvalue weighted by Crippen LogP contribution is -1.99. The van der Waals surface area contributed by atoms with Crippen LogP contribution in [0.25, 0.3) is 0 Å². The first kappa shape index (κ1) is 10.5. The third-order valence-electron chi connectivity index (χ3n) is 1.66. The Bertz CT molecular complexity index is 379. The second kappa shape index (κ2) is 3.65. The highest BCUT2D eigenvalue weighted by Gasteiger charge is 2.23. The molecule has 6 heteroatoms. The predicted molar refractivity (Wildman–Crippen MR) is 42.7 cm³/mol. The van der Waals surface area contributed by atoms with Gasteiger partial charge in [0, 0.05) is 6.07 Å². The van der Waals surface area contributed by atoms with E-state index in [4.69, 9.17) is 0 Å². The van der Waals surface area contributed by atoms with E-state index >= 15 is 0 Å². The number of benzene rings is 1. The van der Waals surface area contributed by atoms with Gasteiger partial charge in [0.15, 0.2) is 0 Å². The van der Waals surface area contributed by atoms with E-state index in [1.54, 1.807) is 0 Å². The zero-order valence-corrected chi connectivity index (χ0v) is 7.13. The molecule has 1 aromatic carbocycles. The predicted octanol–water partition coefficient (Wildman–Crippen LogP) is 2.98. The van der Waals surface area contributed by atoms with Crippen molar-refractivity contribution in [3.8, 4) is 0 Å². The average Bonchev–Trinajstić information content (AvgIpc) is 2.07. The molecule has 14 heavy (non-hydrogen) atoms. The molecule has 0 amide bonds. The summed E-state index contributed by atoms with van der Waals surface area (Å²) in [5, 5.41) is 10.3. The van der Waals surface area contributed by atoms with Gasteiger partial charge in [-0.25, -0.2) is 8.78 Å². The lowest BCUT2D eigenvalue weighted by molar-refractivity contribution is -0.387. The summed E-state index contributed by atoms with van der Waals surface area (Å²) in [7, 11) is 0. The maximum atomic E-state index is 13.0. The topological polar surface area (TPSA) is 43.1 Å². The van der Waals surface area contributed by atoms with Crippen LogP contribution in [0.1, 0.15) is 17.6 Å². The maximum Gasteiger partial charge on any atom is 0.305 e. The molecule has 3 nitrogen and oxygen atoms in total. The molecule has 0 heterocycles. The molecule has 0 N–H and O–H groups in total. The molecule has 0 aliphatic heterocycles. The fraction of sp³-hybridized carbons (Fsp3) is 0.250. The van der Waals surface area contributed by atoms with Crippen LogP contribution in [-0.4, -0.2) is 4.92 Å². The van der Waals surface area contributed by atoms with Gasteiger partial charge < -0.3 is 0 Å². The Balaban J connectivity index is 3.40. The van der Waals surface area contributed by atoms with E-state index in [-0.39, 0.29) is 5.56 Å². The van der Waals surface area contributed by atoms with Crippen LogP contribution in [0.4, 0.5) is 18.9 Å². The van der Waals surface area contributed by atoms with Crippen molar-refractivity contribution in [1.82, 2.24) is 0 Å². The quantitative estimate of drug-likeness (QED) is 0.550. The number of hydrogen-bond donors (Lipinski definition) is 0. The van der Waals surface area contributed by atoms with Crippen molar-refractivity contribution in [2.75, 3.05) is 0 Å². The van der Waals surface area contributed by atoms with Crippen LogP contribution in [0, 0.1) is 22.9 Å². The minimum atomic E-state index is -3.05. The molecule has 0 radical (unpaired) electrons. The van der Waals surface area contributed by atoms with Gasteiger partial charge in [-0.1, -0.05) is 0 Å². The molecule has 0 unspecified atom stereocenters. The van der Waals surface area contributed by atoms with Crippen molar-refractivity contribution in [3.63, 3.8) is 0 Å². The zero-order chi connectivity index (χ0) is 10.9. The second-order valence-electron chi connectivity index (χ2n) is 2.75. The monoisotopic (exact) mass is 205 g/mol. The molecule has 76 valence electrons. The van der Waals surface area contributed by atoms with Gasteiger partial charge >= 0.3 is 5.69 Å². The number of alkyl halides is 2. The average molecular weight is 205 g/mol. The molecule has 0 bridgehead atoms. The van der Waals surface area contributed by atoms with E-state index in [9.17, 15) is 23.3 Å². The fourth-order valence-corrected chi connectivity index (χ4v) is 1.07. The summed E-state index contributed by atoms with van der Waals surface area (Å²) in [6, 6.07) is 1.81. The first-order valence-corrected chi connectivity index (χ1v) is 3.66. The summed E-state index contributed by atoms with van der Waals surface area (Å²) in [5.41, 5.74) is -1.62. The number of aryl methyl sites for hydroxylation is 1. The van der Waals surface area contributed by atoms with Crippen LogP contribution < -0.4 is 0 Å². The number of nitrogens with zero attached hydrogens (tertiary/aromatic N) is 1. The molecule has 0 saturated heterocycles. The van der Waals surface area contributed by atoms with E-state index in [1.807, 2.05) is 0 Å². The molecule has 0 atom stereocenters. The van der Waals surface area contributed by atoms with Gasteiger partial charge in [0.2, 0.25) is 5.82 Å². The lowest BCUT2D eigenvalue weighted by atomic mass is 10.1. The number of halogens is 3. The van der Waals surface area contributed by atoms with Crippen LogP contribution in [0.15, 0.2) is 12.1 Å². The van der Waals surface area contributed by atoms with Crippen LogP contribution >= 0.6 is 0 Å². The molecular formula is C8H6F3NO2. The molecule has 0 saturated carbocycles. The highest BCUT2D eigenvalue weighted by Crippen LogP contribution is 2.29. The molecule has 0 aliphatic rings. The summed E-state index contributed by atoms with van der Waals surface area (Å²) >= 11 is 0. The van der Waals surface area contributed by atoms with Crippen molar-refractivity contribution in [3.05, 3.63) is 39.2 Å². The molecule has 0 fully saturated rings. The van der Waals surface area contributed by atoms with E-state index in [0.29, 0.717) is 0 Å². The van der Waals surface area contributed by atoms with Gasteiger partial charge in [-0.15, -0.1) is 0 Å². The Hall–Kier alpha value is -1.59. The SMILES string of the molecule is Cc1cc(C(F)F)c(F)c([N+](=O)[O-])c1. The van der Waals surface area contributed by atoms with Gasteiger partial charge in [-0.3, -0.25) is 10.1 Å². The fourth-order valence-electron chi connectivity index (χ4n) is 1.07. The van der Waals surface area contributed by atoms with Gasteiger partial charge in [-0.2, -0.15) is 4.39 Å². The summed E-state index contributed by atoms with van der Waals surface area (Å²) in [6.45, 7) is 1.39. The summed E-state index contributed by atoms with van der Waals surface area (Å²) in [5.74, 6) is -1.46. The first-order valence-electron chi connectivity index (χ1n) is 3.66. The van der Waals surface area contributed by atoms with Crippen molar-refractivity contribution >= 4 is 5.69 Å². The Labute approximate surface area is 77.3 Å². The van der Waals surface area contributed by atoms with Gasteiger partial charge in [0.05, 0.1) is 10.5 Å². The lowest BCUT2D eigenvalue weighted by Gasteiger charge is -2.03. The standard InChI is InChI=1S/C8H6F3NO2/c1-4-2-5(8(10)11)7(9)6(3-4)12(13)14/h2-3,8H,1H3. The Kier molecular flexibility index (Phi) is 2.73. The number of nitro benzene ring substituents is 1. The van der Waals surface area contributed by atoms with Gasteiger partial charge in [-0.05, 0) is 18.6 Å².